The number of fused-ring (bicyclic) bond motifs is 5. The summed E-state index contributed by atoms with van der Waals surface area (Å²) in [4.78, 5) is 4.59. The molecule has 9 heteroatoms. The van der Waals surface area contributed by atoms with E-state index in [0.29, 0.717) is 23.9 Å². The highest BCUT2D eigenvalue weighted by Crippen LogP contribution is 2.36. The highest BCUT2D eigenvalue weighted by Gasteiger charge is 2.27. The summed E-state index contributed by atoms with van der Waals surface area (Å²) in [7, 11) is 1.64. The molecule has 8 nitrogen and oxygen atoms in total. The first-order valence-corrected chi connectivity index (χ1v) is 8.74. The lowest BCUT2D eigenvalue weighted by Gasteiger charge is -2.08. The predicted molar refractivity (Wildman–Crippen MR) is 97.6 cm³/mol. The molecule has 136 valence electrons. The molecule has 1 aromatic carbocycles. The number of aryl methyl sites for hydroxylation is 1. The van der Waals surface area contributed by atoms with Crippen LogP contribution in [-0.2, 0) is 17.9 Å². The average molecular weight is 383 g/mol. The molecule has 27 heavy (non-hydrogen) atoms. The third kappa shape index (κ3) is 2.48. The van der Waals surface area contributed by atoms with Crippen LogP contribution in [0.15, 0.2) is 35.1 Å². The van der Waals surface area contributed by atoms with E-state index in [4.69, 9.17) is 20.9 Å². The minimum Gasteiger partial charge on any atom is -0.377 e. The van der Waals surface area contributed by atoms with E-state index in [1.54, 1.807) is 13.4 Å². The van der Waals surface area contributed by atoms with Crippen LogP contribution in [0.5, 0.6) is 0 Å². The molecule has 4 heterocycles. The van der Waals surface area contributed by atoms with Gasteiger partial charge in [-0.15, -0.1) is 10.2 Å². The first kappa shape index (κ1) is 16.2. The molecule has 1 aliphatic rings. The molecule has 0 saturated heterocycles. The SMILES string of the molecule is COCc1nnc2n1Cc1c(-c3cc(C)no3)ncn1-c1ccc(Cl)cc1-2. The maximum Gasteiger partial charge on any atom is 0.187 e. The van der Waals surface area contributed by atoms with Crippen molar-refractivity contribution in [2.75, 3.05) is 7.11 Å². The third-order valence-electron chi connectivity index (χ3n) is 4.60. The zero-order valence-electron chi connectivity index (χ0n) is 14.7. The molecule has 0 unspecified atom stereocenters. The molecule has 5 rings (SSSR count). The summed E-state index contributed by atoms with van der Waals surface area (Å²) in [5.74, 6) is 2.09. The van der Waals surface area contributed by atoms with E-state index in [-0.39, 0.29) is 0 Å². The third-order valence-corrected chi connectivity index (χ3v) is 4.83. The van der Waals surface area contributed by atoms with E-state index in [1.807, 2.05) is 40.3 Å². The zero-order chi connectivity index (χ0) is 18.5. The molecule has 0 spiro atoms. The van der Waals surface area contributed by atoms with Gasteiger partial charge in [-0.1, -0.05) is 16.8 Å². The smallest absolute Gasteiger partial charge is 0.187 e. The molecule has 0 amide bonds. The first-order valence-electron chi connectivity index (χ1n) is 8.37. The number of halogens is 1. The molecule has 0 fully saturated rings. The van der Waals surface area contributed by atoms with Crippen LogP contribution in [0.25, 0.3) is 28.5 Å². The molecule has 0 N–H and O–H groups in total. The van der Waals surface area contributed by atoms with Crippen LogP contribution in [0, 0.1) is 6.92 Å². The van der Waals surface area contributed by atoms with E-state index in [9.17, 15) is 0 Å². The second-order valence-electron chi connectivity index (χ2n) is 6.36. The van der Waals surface area contributed by atoms with Gasteiger partial charge in [0.1, 0.15) is 18.6 Å². The number of rotatable bonds is 3. The molecule has 3 aromatic heterocycles. The molecule has 0 atom stereocenters. The van der Waals surface area contributed by atoms with Crippen LogP contribution in [0.4, 0.5) is 0 Å². The van der Waals surface area contributed by atoms with Crippen molar-refractivity contribution in [2.45, 2.75) is 20.1 Å². The van der Waals surface area contributed by atoms with Gasteiger partial charge in [0, 0.05) is 23.8 Å². The van der Waals surface area contributed by atoms with Gasteiger partial charge in [-0.05, 0) is 25.1 Å². The van der Waals surface area contributed by atoms with Crippen LogP contribution in [-0.4, -0.2) is 36.6 Å². The minimum absolute atomic E-state index is 0.355. The Balaban J connectivity index is 1.79. The molecule has 4 aromatic rings. The van der Waals surface area contributed by atoms with E-state index in [1.165, 1.54) is 0 Å². The monoisotopic (exact) mass is 382 g/mol. The lowest BCUT2D eigenvalue weighted by Crippen LogP contribution is -2.08. The lowest BCUT2D eigenvalue weighted by atomic mass is 10.1. The van der Waals surface area contributed by atoms with Crippen LogP contribution < -0.4 is 0 Å². The van der Waals surface area contributed by atoms with Crippen LogP contribution in [0.3, 0.4) is 0 Å². The Morgan fingerprint density at radius 2 is 2.15 bits per heavy atom. The van der Waals surface area contributed by atoms with Gasteiger partial charge in [0.2, 0.25) is 0 Å². The highest BCUT2D eigenvalue weighted by molar-refractivity contribution is 6.31. The number of hydrogen-bond donors (Lipinski definition) is 0. The summed E-state index contributed by atoms with van der Waals surface area (Å²) in [6.07, 6.45) is 1.78. The number of methoxy groups -OCH3 is 1. The van der Waals surface area contributed by atoms with E-state index >= 15 is 0 Å². The van der Waals surface area contributed by atoms with Gasteiger partial charge in [0.05, 0.1) is 23.6 Å². The van der Waals surface area contributed by atoms with Gasteiger partial charge in [-0.2, -0.15) is 0 Å². The first-order chi connectivity index (χ1) is 13.2. The van der Waals surface area contributed by atoms with Crippen molar-refractivity contribution in [3.8, 4) is 28.5 Å². The van der Waals surface area contributed by atoms with Gasteiger partial charge in [-0.3, -0.25) is 4.57 Å². The van der Waals surface area contributed by atoms with Gasteiger partial charge in [0.15, 0.2) is 17.4 Å². The Morgan fingerprint density at radius 3 is 2.93 bits per heavy atom. The van der Waals surface area contributed by atoms with Crippen LogP contribution >= 0.6 is 11.6 Å². The Hall–Kier alpha value is -2.97. The Morgan fingerprint density at radius 1 is 1.26 bits per heavy atom. The van der Waals surface area contributed by atoms with Gasteiger partial charge in [-0.25, -0.2) is 4.98 Å². The highest BCUT2D eigenvalue weighted by atomic mass is 35.5. The fourth-order valence-corrected chi connectivity index (χ4v) is 3.57. The zero-order valence-corrected chi connectivity index (χ0v) is 15.4. The minimum atomic E-state index is 0.355. The van der Waals surface area contributed by atoms with E-state index in [2.05, 4.69) is 20.3 Å². The van der Waals surface area contributed by atoms with E-state index < -0.39 is 0 Å². The number of nitrogens with zero attached hydrogens (tertiary/aromatic N) is 6. The van der Waals surface area contributed by atoms with E-state index in [0.717, 1.165) is 40.0 Å². The topological polar surface area (TPSA) is 83.8 Å². The summed E-state index contributed by atoms with van der Waals surface area (Å²) < 4.78 is 14.8. The van der Waals surface area contributed by atoms with Gasteiger partial charge in [0.25, 0.3) is 0 Å². The van der Waals surface area contributed by atoms with Crippen molar-refractivity contribution in [1.82, 2.24) is 29.5 Å². The second-order valence-corrected chi connectivity index (χ2v) is 6.80. The van der Waals surface area contributed by atoms with Crippen molar-refractivity contribution in [1.29, 1.82) is 0 Å². The van der Waals surface area contributed by atoms with Crippen molar-refractivity contribution < 1.29 is 9.26 Å². The molecule has 0 aliphatic carbocycles. The molecule has 0 bridgehead atoms. The molecule has 0 radical (unpaired) electrons. The maximum atomic E-state index is 6.27. The normalized spacial score (nSPS) is 12.4. The van der Waals surface area contributed by atoms with Crippen LogP contribution in [0.1, 0.15) is 17.2 Å². The predicted octanol–water partition coefficient (Wildman–Crippen LogP) is 3.26. The molecular weight excluding hydrogens is 368 g/mol. The summed E-state index contributed by atoms with van der Waals surface area (Å²) in [6, 6.07) is 7.57. The quantitative estimate of drug-likeness (QED) is 0.476. The Bertz CT molecular complexity index is 1160. The van der Waals surface area contributed by atoms with Crippen molar-refractivity contribution in [3.05, 3.63) is 52.8 Å². The maximum absolute atomic E-state index is 6.27. The van der Waals surface area contributed by atoms with Gasteiger partial charge >= 0.3 is 0 Å². The fourth-order valence-electron chi connectivity index (χ4n) is 3.40. The van der Waals surface area contributed by atoms with Crippen LogP contribution in [0.2, 0.25) is 5.02 Å². The summed E-state index contributed by atoms with van der Waals surface area (Å²) in [5, 5.41) is 13.3. The molecule has 0 saturated carbocycles. The van der Waals surface area contributed by atoms with Crippen molar-refractivity contribution in [3.63, 3.8) is 0 Å². The van der Waals surface area contributed by atoms with Gasteiger partial charge < -0.3 is 13.8 Å². The Labute approximate surface area is 159 Å². The number of aromatic nitrogens is 6. The largest absolute Gasteiger partial charge is 0.377 e. The second kappa shape index (κ2) is 6.04. The average Bonchev–Trinajstić information content (AvgIpc) is 3.34. The number of hydrogen-bond acceptors (Lipinski definition) is 6. The summed E-state index contributed by atoms with van der Waals surface area (Å²) >= 11 is 6.27. The van der Waals surface area contributed by atoms with Crippen molar-refractivity contribution >= 4 is 11.6 Å². The number of ether oxygens (including phenoxy) is 1. The number of imidazole rings is 1. The lowest BCUT2D eigenvalue weighted by molar-refractivity contribution is 0.174. The Kier molecular flexibility index (Phi) is 3.63. The molecular formula is C18H15ClN6O2. The summed E-state index contributed by atoms with van der Waals surface area (Å²) in [6.45, 7) is 2.75. The molecule has 1 aliphatic heterocycles. The number of benzene rings is 1. The summed E-state index contributed by atoms with van der Waals surface area (Å²) in [5.41, 5.74) is 4.30. The van der Waals surface area contributed by atoms with Crippen molar-refractivity contribution in [2.24, 2.45) is 0 Å². The fraction of sp³-hybridized carbons (Fsp3) is 0.222. The standard InChI is InChI=1S/C18H15ClN6O2/c1-10-5-15(27-23-10)17-14-7-24-16(8-26-2)21-22-18(24)12-6-11(19)3-4-13(12)25(14)9-20-17/h3-6,9H,7-8H2,1-2H3.